The first-order valence-corrected chi connectivity index (χ1v) is 8.11. The average Bonchev–Trinajstić information content (AvgIpc) is 2.96. The second-order valence-corrected chi connectivity index (χ2v) is 6.93. The first kappa shape index (κ1) is 16.4. The average molecular weight is 331 g/mol. The Labute approximate surface area is 127 Å². The molecule has 1 aliphatic rings. The summed E-state index contributed by atoms with van der Waals surface area (Å²) in [5.41, 5.74) is 0. The van der Waals surface area contributed by atoms with E-state index in [9.17, 15) is 18.0 Å². The molecule has 0 bridgehead atoms. The van der Waals surface area contributed by atoms with Crippen molar-refractivity contribution in [2.75, 3.05) is 20.2 Å². The van der Waals surface area contributed by atoms with Gasteiger partial charge in [0.05, 0.1) is 19.2 Å². The highest BCUT2D eigenvalue weighted by Gasteiger charge is 2.33. The van der Waals surface area contributed by atoms with E-state index in [1.54, 1.807) is 0 Å². The molecule has 0 spiro atoms. The lowest BCUT2D eigenvalue weighted by molar-refractivity contribution is -0.143. The third-order valence-electron chi connectivity index (χ3n) is 3.50. The number of carboxylic acids is 1. The molecule has 1 unspecified atom stereocenters. The zero-order chi connectivity index (χ0) is 16.3. The normalized spacial score (nSPS) is 19.8. The van der Waals surface area contributed by atoms with Gasteiger partial charge in [-0.25, -0.2) is 8.42 Å². The van der Waals surface area contributed by atoms with Gasteiger partial charge in [-0.1, -0.05) is 0 Å². The first-order chi connectivity index (χ1) is 10.3. The number of nitrogens with zero attached hydrogens (tertiary/aromatic N) is 3. The second-order valence-electron chi connectivity index (χ2n) is 4.99. The molecule has 122 valence electrons. The minimum absolute atomic E-state index is 0.0557. The van der Waals surface area contributed by atoms with E-state index >= 15 is 0 Å². The van der Waals surface area contributed by atoms with Crippen LogP contribution in [-0.2, 0) is 30.9 Å². The van der Waals surface area contributed by atoms with E-state index in [0.717, 1.165) is 15.2 Å². The predicted octanol–water partition coefficient (Wildman–Crippen LogP) is -0.459. The van der Waals surface area contributed by atoms with E-state index in [0.29, 0.717) is 12.8 Å². The van der Waals surface area contributed by atoms with Crippen LogP contribution in [-0.4, -0.2) is 59.7 Å². The number of carboxylic acid groups (broad SMARTS) is 1. The summed E-state index contributed by atoms with van der Waals surface area (Å²) in [5.74, 6) is -2.24. The number of carbonyl (C=O) groups is 2. The standard InChI is InChI=1S/C12H17N3O6S/c1-21-11(16)8-14-7-10(5-13-14)22(19,20)15-4-2-3-9(6-15)12(17)18/h5,7,9H,2-4,6,8H2,1H3,(H,17,18). The topological polar surface area (TPSA) is 119 Å². The van der Waals surface area contributed by atoms with Gasteiger partial charge in [0.2, 0.25) is 10.0 Å². The number of rotatable bonds is 5. The van der Waals surface area contributed by atoms with Gasteiger partial charge in [-0.2, -0.15) is 9.40 Å². The van der Waals surface area contributed by atoms with Crippen LogP contribution in [0.2, 0.25) is 0 Å². The van der Waals surface area contributed by atoms with Crippen LogP contribution in [0.25, 0.3) is 0 Å². The van der Waals surface area contributed by atoms with Crippen LogP contribution in [0.3, 0.4) is 0 Å². The van der Waals surface area contributed by atoms with Gasteiger partial charge in [0.25, 0.3) is 0 Å². The van der Waals surface area contributed by atoms with Crippen molar-refractivity contribution >= 4 is 22.0 Å². The summed E-state index contributed by atoms with van der Waals surface area (Å²) in [4.78, 5) is 22.1. The first-order valence-electron chi connectivity index (χ1n) is 6.67. The van der Waals surface area contributed by atoms with E-state index in [1.165, 1.54) is 13.3 Å². The third-order valence-corrected chi connectivity index (χ3v) is 5.32. The van der Waals surface area contributed by atoms with Gasteiger partial charge in [0.1, 0.15) is 11.4 Å². The van der Waals surface area contributed by atoms with Crippen LogP contribution in [0.15, 0.2) is 17.3 Å². The summed E-state index contributed by atoms with van der Waals surface area (Å²) in [6.07, 6.45) is 3.33. The smallest absolute Gasteiger partial charge is 0.327 e. The number of carbonyl (C=O) groups excluding carboxylic acids is 1. The largest absolute Gasteiger partial charge is 0.481 e. The molecule has 22 heavy (non-hydrogen) atoms. The lowest BCUT2D eigenvalue weighted by Gasteiger charge is -2.29. The van der Waals surface area contributed by atoms with E-state index in [-0.39, 0.29) is 24.5 Å². The summed E-state index contributed by atoms with van der Waals surface area (Å²) >= 11 is 0. The molecule has 1 fully saturated rings. The number of ether oxygens (including phenoxy) is 1. The zero-order valence-corrected chi connectivity index (χ0v) is 12.8. The van der Waals surface area contributed by atoms with Crippen LogP contribution in [0.4, 0.5) is 0 Å². The van der Waals surface area contributed by atoms with Crippen LogP contribution in [0.5, 0.6) is 0 Å². The van der Waals surface area contributed by atoms with Gasteiger partial charge in [0.15, 0.2) is 0 Å². The number of piperidine rings is 1. The lowest BCUT2D eigenvalue weighted by atomic mass is 10.0. The third kappa shape index (κ3) is 3.45. The Kier molecular flexibility index (Phi) is 4.81. The molecule has 1 atom stereocenters. The Bertz CT molecular complexity index is 668. The van der Waals surface area contributed by atoms with Crippen molar-refractivity contribution in [3.05, 3.63) is 12.4 Å². The summed E-state index contributed by atoms with van der Waals surface area (Å²) in [7, 11) is -2.59. The van der Waals surface area contributed by atoms with Crippen molar-refractivity contribution < 1.29 is 27.9 Å². The van der Waals surface area contributed by atoms with Crippen molar-refractivity contribution in [2.45, 2.75) is 24.3 Å². The molecular formula is C12H17N3O6S. The van der Waals surface area contributed by atoms with Crippen molar-refractivity contribution in [2.24, 2.45) is 5.92 Å². The summed E-state index contributed by atoms with van der Waals surface area (Å²) in [5, 5.41) is 12.8. The maximum atomic E-state index is 12.5. The number of hydrogen-bond acceptors (Lipinski definition) is 6. The van der Waals surface area contributed by atoms with Gasteiger partial charge < -0.3 is 9.84 Å². The Hall–Kier alpha value is -1.94. The molecule has 0 aromatic carbocycles. The Morgan fingerprint density at radius 3 is 2.86 bits per heavy atom. The highest BCUT2D eigenvalue weighted by atomic mass is 32.2. The zero-order valence-electron chi connectivity index (χ0n) is 12.0. The van der Waals surface area contributed by atoms with E-state index in [2.05, 4.69) is 9.84 Å². The van der Waals surface area contributed by atoms with E-state index in [4.69, 9.17) is 5.11 Å². The molecule has 1 aromatic heterocycles. The summed E-state index contributed by atoms with van der Waals surface area (Å²) in [6.45, 7) is 0.0257. The lowest BCUT2D eigenvalue weighted by Crippen LogP contribution is -2.42. The van der Waals surface area contributed by atoms with Crippen LogP contribution < -0.4 is 0 Å². The SMILES string of the molecule is COC(=O)Cn1cc(S(=O)(=O)N2CCCC(C(=O)O)C2)cn1. The summed E-state index contributed by atoms with van der Waals surface area (Å²) < 4.78 is 31.8. The van der Waals surface area contributed by atoms with Crippen LogP contribution in [0, 0.1) is 5.92 Å². The molecule has 0 radical (unpaired) electrons. The minimum Gasteiger partial charge on any atom is -0.481 e. The van der Waals surface area contributed by atoms with Crippen molar-refractivity contribution in [1.82, 2.24) is 14.1 Å². The Morgan fingerprint density at radius 1 is 1.50 bits per heavy atom. The number of methoxy groups -OCH3 is 1. The molecule has 1 saturated heterocycles. The minimum atomic E-state index is -3.82. The highest BCUT2D eigenvalue weighted by molar-refractivity contribution is 7.89. The number of aliphatic carboxylic acids is 1. The molecular weight excluding hydrogens is 314 g/mol. The highest BCUT2D eigenvalue weighted by Crippen LogP contribution is 2.23. The van der Waals surface area contributed by atoms with Crippen LogP contribution in [0.1, 0.15) is 12.8 Å². The van der Waals surface area contributed by atoms with Crippen molar-refractivity contribution in [3.63, 3.8) is 0 Å². The number of esters is 1. The maximum absolute atomic E-state index is 12.5. The maximum Gasteiger partial charge on any atom is 0.327 e. The van der Waals surface area contributed by atoms with Crippen LogP contribution >= 0.6 is 0 Å². The van der Waals surface area contributed by atoms with Crippen molar-refractivity contribution in [3.8, 4) is 0 Å². The fourth-order valence-corrected chi connectivity index (χ4v) is 3.75. The van der Waals surface area contributed by atoms with Gasteiger partial charge in [-0.05, 0) is 12.8 Å². The second kappa shape index (κ2) is 6.44. The van der Waals surface area contributed by atoms with Gasteiger partial charge in [-0.15, -0.1) is 0 Å². The Balaban J connectivity index is 2.16. The fourth-order valence-electron chi connectivity index (χ4n) is 2.27. The van der Waals surface area contributed by atoms with Gasteiger partial charge >= 0.3 is 11.9 Å². The Morgan fingerprint density at radius 2 is 2.23 bits per heavy atom. The molecule has 1 aromatic rings. The number of sulfonamides is 1. The van der Waals surface area contributed by atoms with Gasteiger partial charge in [-0.3, -0.25) is 14.3 Å². The molecule has 0 amide bonds. The molecule has 1 aliphatic heterocycles. The molecule has 1 N–H and O–H groups in total. The quantitative estimate of drug-likeness (QED) is 0.725. The monoisotopic (exact) mass is 331 g/mol. The molecule has 0 aliphatic carbocycles. The van der Waals surface area contributed by atoms with E-state index < -0.39 is 27.9 Å². The predicted molar refractivity (Wildman–Crippen MR) is 73.4 cm³/mol. The van der Waals surface area contributed by atoms with Gasteiger partial charge in [0, 0.05) is 19.3 Å². The van der Waals surface area contributed by atoms with Crippen molar-refractivity contribution in [1.29, 1.82) is 0 Å². The van der Waals surface area contributed by atoms with E-state index in [1.807, 2.05) is 0 Å². The number of aromatic nitrogens is 2. The molecule has 2 heterocycles. The molecule has 0 saturated carbocycles. The molecule has 9 nitrogen and oxygen atoms in total. The molecule has 2 rings (SSSR count). The molecule has 10 heteroatoms. The number of hydrogen-bond donors (Lipinski definition) is 1. The fraction of sp³-hybridized carbons (Fsp3) is 0.583. The summed E-state index contributed by atoms with van der Waals surface area (Å²) in [6, 6.07) is 0.